The van der Waals surface area contributed by atoms with Gasteiger partial charge in [-0.1, -0.05) is 13.8 Å². The number of carboxylic acid groups (broad SMARTS) is 1. The number of amides is 1. The third-order valence-electron chi connectivity index (χ3n) is 3.48. The fourth-order valence-corrected chi connectivity index (χ4v) is 2.28. The first-order valence-corrected chi connectivity index (χ1v) is 7.97. The van der Waals surface area contributed by atoms with Crippen LogP contribution in [0.1, 0.15) is 38.1 Å². The zero-order valence-electron chi connectivity index (χ0n) is 14.5. The lowest BCUT2D eigenvalue weighted by molar-refractivity contribution is -0.147. The van der Waals surface area contributed by atoms with E-state index in [1.54, 1.807) is 39.8 Å². The molecule has 7 heteroatoms. The number of carbonyl (C=O) groups is 2. The van der Waals surface area contributed by atoms with Crippen molar-refractivity contribution in [1.29, 1.82) is 0 Å². The van der Waals surface area contributed by atoms with Gasteiger partial charge in [0.1, 0.15) is 16.9 Å². The van der Waals surface area contributed by atoms with E-state index >= 15 is 0 Å². The molecule has 1 aromatic heterocycles. The van der Waals surface area contributed by atoms with Crippen molar-refractivity contribution >= 4 is 22.8 Å². The molecule has 1 aromatic carbocycles. The predicted octanol–water partition coefficient (Wildman–Crippen LogP) is 2.42. The summed E-state index contributed by atoms with van der Waals surface area (Å²) in [5, 5.41) is 12.4. The Balaban J connectivity index is 2.37. The molecule has 2 N–H and O–H groups in total. The average Bonchev–Trinajstić information content (AvgIpc) is 2.50. The molecule has 0 saturated carbocycles. The van der Waals surface area contributed by atoms with E-state index in [1.165, 1.54) is 12.1 Å². The highest BCUT2D eigenvalue weighted by Gasteiger charge is 2.23. The highest BCUT2D eigenvalue weighted by molar-refractivity contribution is 5.96. The van der Waals surface area contributed by atoms with Crippen LogP contribution in [-0.2, 0) is 4.79 Å². The van der Waals surface area contributed by atoms with Crippen molar-refractivity contribution in [3.05, 3.63) is 40.2 Å². The van der Waals surface area contributed by atoms with Crippen LogP contribution in [0.3, 0.4) is 0 Å². The molecule has 0 fully saturated rings. The van der Waals surface area contributed by atoms with Gasteiger partial charge >= 0.3 is 11.6 Å². The highest BCUT2D eigenvalue weighted by Crippen LogP contribution is 2.23. The number of nitrogens with one attached hydrogen (secondary N) is 1. The van der Waals surface area contributed by atoms with Gasteiger partial charge in [0, 0.05) is 23.4 Å². The number of ether oxygens (including phenoxy) is 1. The van der Waals surface area contributed by atoms with Crippen molar-refractivity contribution in [1.82, 2.24) is 5.32 Å². The summed E-state index contributed by atoms with van der Waals surface area (Å²) in [6.07, 6.45) is -1.01. The Morgan fingerprint density at radius 1 is 1.16 bits per heavy atom. The summed E-state index contributed by atoms with van der Waals surface area (Å²) in [5.41, 5.74) is -0.626. The largest absolute Gasteiger partial charge is 0.478 e. The second-order valence-electron chi connectivity index (χ2n) is 6.40. The van der Waals surface area contributed by atoms with Crippen LogP contribution < -0.4 is 15.7 Å². The van der Waals surface area contributed by atoms with E-state index in [0.29, 0.717) is 5.39 Å². The minimum Gasteiger partial charge on any atom is -0.478 e. The molecular weight excluding hydrogens is 326 g/mol. The topological polar surface area (TPSA) is 106 Å². The summed E-state index contributed by atoms with van der Waals surface area (Å²) >= 11 is 0. The van der Waals surface area contributed by atoms with Crippen LogP contribution in [0, 0.1) is 5.92 Å². The number of fused-ring (bicyclic) bond motifs is 1. The molecule has 0 aliphatic carbocycles. The first-order chi connectivity index (χ1) is 11.7. The molecule has 0 saturated heterocycles. The molecule has 2 rings (SSSR count). The van der Waals surface area contributed by atoms with Gasteiger partial charge in [-0.15, -0.1) is 0 Å². The van der Waals surface area contributed by atoms with Crippen LogP contribution in [-0.4, -0.2) is 29.1 Å². The van der Waals surface area contributed by atoms with Crippen LogP contribution in [0.4, 0.5) is 0 Å². The monoisotopic (exact) mass is 347 g/mol. The normalized spacial score (nSPS) is 12.4. The van der Waals surface area contributed by atoms with Gasteiger partial charge in [0.15, 0.2) is 6.10 Å². The van der Waals surface area contributed by atoms with Gasteiger partial charge in [0.2, 0.25) is 0 Å². The maximum Gasteiger partial charge on any atom is 0.349 e. The Labute approximate surface area is 144 Å². The number of hydrogen-bond acceptors (Lipinski definition) is 5. The van der Waals surface area contributed by atoms with Gasteiger partial charge < -0.3 is 19.6 Å². The fourth-order valence-electron chi connectivity index (χ4n) is 2.28. The van der Waals surface area contributed by atoms with Crippen molar-refractivity contribution < 1.29 is 23.8 Å². The van der Waals surface area contributed by atoms with E-state index in [-0.39, 0.29) is 28.9 Å². The van der Waals surface area contributed by atoms with Crippen molar-refractivity contribution in [2.75, 3.05) is 0 Å². The van der Waals surface area contributed by atoms with E-state index < -0.39 is 23.6 Å². The molecule has 0 bridgehead atoms. The van der Waals surface area contributed by atoms with Gasteiger partial charge in [0.25, 0.3) is 5.91 Å². The molecule has 1 unspecified atom stereocenters. The summed E-state index contributed by atoms with van der Waals surface area (Å²) in [6.45, 7) is 7.05. The number of benzene rings is 1. The Kier molecular flexibility index (Phi) is 5.46. The summed E-state index contributed by atoms with van der Waals surface area (Å²) in [6, 6.07) is 5.96. The number of aliphatic carboxylic acids is 1. The molecule has 134 valence electrons. The zero-order valence-corrected chi connectivity index (χ0v) is 14.5. The lowest BCUT2D eigenvalue weighted by Crippen LogP contribution is -2.33. The quantitative estimate of drug-likeness (QED) is 0.777. The lowest BCUT2D eigenvalue weighted by Gasteiger charge is -2.18. The smallest absolute Gasteiger partial charge is 0.349 e. The van der Waals surface area contributed by atoms with Crippen LogP contribution in [0.15, 0.2) is 33.5 Å². The summed E-state index contributed by atoms with van der Waals surface area (Å²) in [4.78, 5) is 35.3. The zero-order chi connectivity index (χ0) is 18.7. The van der Waals surface area contributed by atoms with E-state index in [9.17, 15) is 19.5 Å². The third-order valence-corrected chi connectivity index (χ3v) is 3.48. The second-order valence-corrected chi connectivity index (χ2v) is 6.40. The second kappa shape index (κ2) is 7.38. The third kappa shape index (κ3) is 4.37. The summed E-state index contributed by atoms with van der Waals surface area (Å²) in [5.74, 6) is -1.53. The van der Waals surface area contributed by atoms with Gasteiger partial charge in [-0.25, -0.2) is 9.59 Å². The molecule has 0 spiro atoms. The first-order valence-electron chi connectivity index (χ1n) is 7.97. The number of hydrogen-bond donors (Lipinski definition) is 2. The maximum atomic E-state index is 12.0. The minimum absolute atomic E-state index is 0.0829. The van der Waals surface area contributed by atoms with Crippen molar-refractivity contribution in [3.63, 3.8) is 0 Å². The molecule has 1 amide bonds. The van der Waals surface area contributed by atoms with Crippen LogP contribution in [0.2, 0.25) is 0 Å². The number of rotatable bonds is 6. The molecule has 25 heavy (non-hydrogen) atoms. The van der Waals surface area contributed by atoms with E-state index in [4.69, 9.17) is 9.15 Å². The van der Waals surface area contributed by atoms with Gasteiger partial charge in [-0.05, 0) is 32.0 Å². The number of carboxylic acids is 1. The van der Waals surface area contributed by atoms with Crippen molar-refractivity contribution in [3.8, 4) is 5.75 Å². The Bertz CT molecular complexity index is 852. The van der Waals surface area contributed by atoms with Gasteiger partial charge in [0.05, 0.1) is 0 Å². The summed E-state index contributed by atoms with van der Waals surface area (Å²) < 4.78 is 10.7. The Morgan fingerprint density at radius 3 is 2.40 bits per heavy atom. The SMILES string of the molecule is CC(C)NC(=O)c1cc2ccc(OC(C(=O)O)C(C)C)cc2oc1=O. The molecule has 0 radical (unpaired) electrons. The molecule has 2 aromatic rings. The molecule has 0 aliphatic rings. The van der Waals surface area contributed by atoms with Crippen molar-refractivity contribution in [2.45, 2.75) is 39.8 Å². The lowest BCUT2D eigenvalue weighted by atomic mass is 10.1. The maximum absolute atomic E-state index is 12.0. The van der Waals surface area contributed by atoms with Gasteiger partial charge in [-0.3, -0.25) is 4.79 Å². The van der Waals surface area contributed by atoms with Crippen LogP contribution in [0.25, 0.3) is 11.0 Å². The molecule has 7 nitrogen and oxygen atoms in total. The fraction of sp³-hybridized carbons (Fsp3) is 0.389. The molecule has 0 aliphatic heterocycles. The molecule has 1 heterocycles. The Hall–Kier alpha value is -2.83. The van der Waals surface area contributed by atoms with Gasteiger partial charge in [-0.2, -0.15) is 0 Å². The summed E-state index contributed by atoms with van der Waals surface area (Å²) in [7, 11) is 0. The minimum atomic E-state index is -1.07. The van der Waals surface area contributed by atoms with E-state index in [0.717, 1.165) is 0 Å². The van der Waals surface area contributed by atoms with E-state index in [2.05, 4.69) is 5.32 Å². The van der Waals surface area contributed by atoms with E-state index in [1.807, 2.05) is 0 Å². The van der Waals surface area contributed by atoms with Crippen LogP contribution in [0.5, 0.6) is 5.75 Å². The number of carbonyl (C=O) groups excluding carboxylic acids is 1. The van der Waals surface area contributed by atoms with Crippen LogP contribution >= 0.6 is 0 Å². The molecule has 1 atom stereocenters. The Morgan fingerprint density at radius 2 is 1.84 bits per heavy atom. The van der Waals surface area contributed by atoms with Crippen molar-refractivity contribution in [2.24, 2.45) is 5.92 Å². The standard InChI is InChI=1S/C18H21NO6/c1-9(2)15(17(21)22)24-12-6-5-11-7-13(16(20)19-10(3)4)18(23)25-14(11)8-12/h5-10,15H,1-4H3,(H,19,20)(H,21,22). The predicted molar refractivity (Wildman–Crippen MR) is 92.0 cm³/mol. The highest BCUT2D eigenvalue weighted by atomic mass is 16.5. The average molecular weight is 347 g/mol. The molecular formula is C18H21NO6. The first kappa shape index (κ1) is 18.5.